The summed E-state index contributed by atoms with van der Waals surface area (Å²) in [5.74, 6) is 0.213. The molecule has 2 aromatic heterocycles. The number of carbonyl (C=O) groups excluding carboxylic acids is 3. The molecule has 0 unspecified atom stereocenters. The van der Waals surface area contributed by atoms with Crippen molar-refractivity contribution in [2.24, 2.45) is 5.92 Å². The first-order chi connectivity index (χ1) is 15.5. The van der Waals surface area contributed by atoms with E-state index in [1.54, 1.807) is 17.2 Å². The molecule has 3 aromatic rings. The molecule has 0 bridgehead atoms. The number of hydrogen-bond donors (Lipinski definition) is 3. The van der Waals surface area contributed by atoms with Crippen LogP contribution in [0.3, 0.4) is 0 Å². The molecule has 8 heteroatoms. The molecule has 8 nitrogen and oxygen atoms in total. The van der Waals surface area contributed by atoms with Crippen LogP contribution in [0.25, 0.3) is 11.3 Å². The lowest BCUT2D eigenvalue weighted by Crippen LogP contribution is -2.40. The third kappa shape index (κ3) is 3.87. The van der Waals surface area contributed by atoms with Gasteiger partial charge >= 0.3 is 0 Å². The van der Waals surface area contributed by atoms with Gasteiger partial charge in [0.15, 0.2) is 5.78 Å². The third-order valence-electron chi connectivity index (χ3n) is 5.67. The van der Waals surface area contributed by atoms with E-state index in [-0.39, 0.29) is 30.1 Å². The Kier molecular flexibility index (Phi) is 4.97. The molecule has 3 heterocycles. The molecular formula is C24H23N5O3. The first-order valence-corrected chi connectivity index (χ1v) is 10.6. The van der Waals surface area contributed by atoms with E-state index in [2.05, 4.69) is 20.6 Å². The minimum atomic E-state index is -0.215. The van der Waals surface area contributed by atoms with Gasteiger partial charge in [0.25, 0.3) is 0 Å². The Labute approximate surface area is 185 Å². The van der Waals surface area contributed by atoms with Crippen LogP contribution in [0.2, 0.25) is 0 Å². The van der Waals surface area contributed by atoms with Crippen molar-refractivity contribution in [3.8, 4) is 11.3 Å². The number of Topliss-reactive ketones (excluding diaryl/α,β-unsaturated/α-hetero) is 1. The van der Waals surface area contributed by atoms with E-state index in [1.165, 1.54) is 6.92 Å². The van der Waals surface area contributed by atoms with Crippen molar-refractivity contribution in [3.05, 3.63) is 59.9 Å². The number of carbonyl (C=O) groups is 3. The topological polar surface area (TPSA) is 107 Å². The van der Waals surface area contributed by atoms with Gasteiger partial charge in [-0.3, -0.25) is 14.4 Å². The summed E-state index contributed by atoms with van der Waals surface area (Å²) >= 11 is 0. The quantitative estimate of drug-likeness (QED) is 0.573. The van der Waals surface area contributed by atoms with Crippen LogP contribution in [0.5, 0.6) is 0 Å². The molecule has 1 saturated carbocycles. The number of aromatic nitrogens is 2. The van der Waals surface area contributed by atoms with Crippen LogP contribution in [0.1, 0.15) is 35.8 Å². The molecule has 0 saturated heterocycles. The van der Waals surface area contributed by atoms with Gasteiger partial charge < -0.3 is 20.5 Å². The molecule has 1 aromatic carbocycles. The van der Waals surface area contributed by atoms with Gasteiger partial charge in [0.1, 0.15) is 5.82 Å². The lowest BCUT2D eigenvalue weighted by molar-refractivity contribution is -0.132. The third-order valence-corrected chi connectivity index (χ3v) is 5.67. The molecule has 1 fully saturated rings. The van der Waals surface area contributed by atoms with Gasteiger partial charge in [-0.15, -0.1) is 0 Å². The number of aromatic amines is 1. The number of ketones is 1. The Morgan fingerprint density at radius 2 is 1.91 bits per heavy atom. The van der Waals surface area contributed by atoms with Crippen LogP contribution in [-0.4, -0.2) is 39.0 Å². The molecule has 162 valence electrons. The van der Waals surface area contributed by atoms with Crippen molar-refractivity contribution in [3.63, 3.8) is 0 Å². The molecule has 2 aliphatic rings. The number of H-pyrrole nitrogens is 1. The number of amides is 2. The molecule has 32 heavy (non-hydrogen) atoms. The summed E-state index contributed by atoms with van der Waals surface area (Å²) in [7, 11) is 0. The average molecular weight is 429 g/mol. The van der Waals surface area contributed by atoms with Gasteiger partial charge in [-0.25, -0.2) is 4.98 Å². The molecule has 0 atom stereocenters. The summed E-state index contributed by atoms with van der Waals surface area (Å²) in [6, 6.07) is 13.2. The van der Waals surface area contributed by atoms with Gasteiger partial charge in [-0.05, 0) is 37.1 Å². The van der Waals surface area contributed by atoms with Crippen molar-refractivity contribution in [1.29, 1.82) is 0 Å². The number of pyridine rings is 1. The highest BCUT2D eigenvalue weighted by Gasteiger charge is 2.38. The van der Waals surface area contributed by atoms with E-state index < -0.39 is 0 Å². The maximum absolute atomic E-state index is 13.2. The van der Waals surface area contributed by atoms with E-state index in [9.17, 15) is 14.4 Å². The maximum Gasteiger partial charge on any atom is 0.226 e. The first kappa shape index (κ1) is 20.0. The van der Waals surface area contributed by atoms with E-state index >= 15 is 0 Å². The molecule has 0 spiro atoms. The van der Waals surface area contributed by atoms with Gasteiger partial charge in [0.2, 0.25) is 11.8 Å². The second-order valence-electron chi connectivity index (χ2n) is 8.22. The summed E-state index contributed by atoms with van der Waals surface area (Å²) in [6.07, 6.45) is 3.41. The fraction of sp³-hybridized carbons (Fsp3) is 0.250. The molecular weight excluding hydrogens is 406 g/mol. The van der Waals surface area contributed by atoms with Crippen molar-refractivity contribution in [2.45, 2.75) is 26.3 Å². The highest BCUT2D eigenvalue weighted by Crippen LogP contribution is 2.39. The molecule has 1 aliphatic carbocycles. The summed E-state index contributed by atoms with van der Waals surface area (Å²) in [5.41, 5.74) is 4.26. The summed E-state index contributed by atoms with van der Waals surface area (Å²) < 4.78 is 0. The predicted molar refractivity (Wildman–Crippen MR) is 121 cm³/mol. The van der Waals surface area contributed by atoms with Crippen LogP contribution in [-0.2, 0) is 16.1 Å². The van der Waals surface area contributed by atoms with Crippen molar-refractivity contribution in [1.82, 2.24) is 14.9 Å². The second kappa shape index (κ2) is 7.96. The highest BCUT2D eigenvalue weighted by atomic mass is 16.2. The fourth-order valence-corrected chi connectivity index (χ4v) is 4.06. The summed E-state index contributed by atoms with van der Waals surface area (Å²) in [6.45, 7) is 1.87. The van der Waals surface area contributed by atoms with Crippen LogP contribution in [0.4, 0.5) is 17.2 Å². The number of fused-ring (bicyclic) bond motifs is 1. The second-order valence-corrected chi connectivity index (χ2v) is 8.22. The zero-order chi connectivity index (χ0) is 22.2. The standard InChI is InChI=1S/C24H23N5O3/c1-14(30)26-20-11-16(9-10-25-20)22-23(27-17-5-3-2-4-6-17)21-18(28-22)12-29(13-19(21)31)24(32)15-7-8-15/h2-6,9-11,15,27-28H,7-8,12-13H2,1H3,(H,25,26,30). The molecule has 2 amide bonds. The highest BCUT2D eigenvalue weighted by molar-refractivity contribution is 6.09. The Bertz CT molecular complexity index is 1210. The number of anilines is 3. The van der Waals surface area contributed by atoms with Crippen molar-refractivity contribution >= 4 is 34.8 Å². The predicted octanol–water partition coefficient (Wildman–Crippen LogP) is 3.71. The fourth-order valence-electron chi connectivity index (χ4n) is 4.06. The largest absolute Gasteiger partial charge is 0.355 e. The molecule has 5 rings (SSSR count). The summed E-state index contributed by atoms with van der Waals surface area (Å²) in [5, 5.41) is 6.08. The lowest BCUT2D eigenvalue weighted by atomic mass is 10.0. The number of benzene rings is 1. The number of rotatable bonds is 5. The van der Waals surface area contributed by atoms with Crippen LogP contribution < -0.4 is 10.6 Å². The minimum Gasteiger partial charge on any atom is -0.355 e. The Morgan fingerprint density at radius 1 is 1.12 bits per heavy atom. The van der Waals surface area contributed by atoms with Crippen molar-refractivity contribution < 1.29 is 14.4 Å². The SMILES string of the molecule is CC(=O)Nc1cc(-c2[nH]c3c(c2Nc2ccccc2)C(=O)CN(C(=O)C2CC2)C3)ccn1. The average Bonchev–Trinajstić information content (AvgIpc) is 3.56. The molecule has 0 radical (unpaired) electrons. The summed E-state index contributed by atoms with van der Waals surface area (Å²) in [4.78, 5) is 46.5. The zero-order valence-corrected chi connectivity index (χ0v) is 17.6. The van der Waals surface area contributed by atoms with E-state index in [4.69, 9.17) is 0 Å². The van der Waals surface area contributed by atoms with Gasteiger partial charge in [-0.1, -0.05) is 18.2 Å². The molecule has 3 N–H and O–H groups in total. The van der Waals surface area contributed by atoms with Crippen LogP contribution in [0, 0.1) is 5.92 Å². The number of hydrogen-bond acceptors (Lipinski definition) is 5. The number of nitrogens with zero attached hydrogens (tertiary/aromatic N) is 2. The Morgan fingerprint density at radius 3 is 2.62 bits per heavy atom. The minimum absolute atomic E-state index is 0.0505. The Balaban J connectivity index is 1.58. The molecule has 1 aliphatic heterocycles. The van der Waals surface area contributed by atoms with Crippen LogP contribution >= 0.6 is 0 Å². The van der Waals surface area contributed by atoms with Gasteiger partial charge in [-0.2, -0.15) is 0 Å². The van der Waals surface area contributed by atoms with Crippen LogP contribution in [0.15, 0.2) is 48.7 Å². The Hall–Kier alpha value is -3.94. The van der Waals surface area contributed by atoms with E-state index in [0.29, 0.717) is 35.0 Å². The smallest absolute Gasteiger partial charge is 0.226 e. The normalized spacial score (nSPS) is 15.3. The first-order valence-electron chi connectivity index (χ1n) is 10.6. The van der Waals surface area contributed by atoms with Gasteiger partial charge in [0, 0.05) is 36.0 Å². The monoisotopic (exact) mass is 429 g/mol. The lowest BCUT2D eigenvalue weighted by Gasteiger charge is -2.26. The number of nitrogens with one attached hydrogen (secondary N) is 3. The number of para-hydroxylation sites is 1. The maximum atomic E-state index is 13.2. The van der Waals surface area contributed by atoms with E-state index in [0.717, 1.165) is 24.1 Å². The van der Waals surface area contributed by atoms with Crippen molar-refractivity contribution in [2.75, 3.05) is 17.2 Å². The zero-order valence-electron chi connectivity index (χ0n) is 17.6. The van der Waals surface area contributed by atoms with E-state index in [1.807, 2.05) is 36.4 Å². The van der Waals surface area contributed by atoms with Gasteiger partial charge in [0.05, 0.1) is 30.0 Å².